The molecule has 2 nitrogen and oxygen atoms in total. The van der Waals surface area contributed by atoms with E-state index in [1.54, 1.807) is 0 Å². The monoisotopic (exact) mass is 308 g/mol. The van der Waals surface area contributed by atoms with E-state index in [4.69, 9.17) is 0 Å². The quantitative estimate of drug-likeness (QED) is 0.501. The lowest BCUT2D eigenvalue weighted by Gasteiger charge is -2.05. The molecule has 2 heteroatoms. The maximum absolute atomic E-state index is 4.57. The maximum atomic E-state index is 4.57. The van der Waals surface area contributed by atoms with Crippen molar-refractivity contribution in [2.24, 2.45) is 0 Å². The molecule has 0 aliphatic rings. The van der Waals surface area contributed by atoms with Gasteiger partial charge in [-0.1, -0.05) is 72.8 Å². The Morgan fingerprint density at radius 2 is 0.792 bits per heavy atom. The second-order valence-electron chi connectivity index (χ2n) is 5.60. The smallest absolute Gasteiger partial charge is 0.0886 e. The summed E-state index contributed by atoms with van der Waals surface area (Å²) < 4.78 is 0. The van der Waals surface area contributed by atoms with Gasteiger partial charge < -0.3 is 0 Å². The SMILES string of the molecule is c1ccc(-c2ccc(-c3ccc(-c4ccccc4)cn3)nc2)cc1. The highest BCUT2D eigenvalue weighted by Gasteiger charge is 2.04. The lowest BCUT2D eigenvalue weighted by molar-refractivity contribution is 1.25. The minimum absolute atomic E-state index is 0.884. The Bertz CT molecular complexity index is 832. The van der Waals surface area contributed by atoms with Gasteiger partial charge in [0.1, 0.15) is 0 Å². The summed E-state index contributed by atoms with van der Waals surface area (Å²) in [7, 11) is 0. The van der Waals surface area contributed by atoms with Crippen molar-refractivity contribution in [1.29, 1.82) is 0 Å². The minimum Gasteiger partial charge on any atom is -0.254 e. The molecule has 0 fully saturated rings. The van der Waals surface area contributed by atoms with E-state index in [0.717, 1.165) is 22.5 Å². The van der Waals surface area contributed by atoms with Crippen LogP contribution in [0, 0.1) is 0 Å². The van der Waals surface area contributed by atoms with Crippen LogP contribution in [-0.4, -0.2) is 9.97 Å². The van der Waals surface area contributed by atoms with Crippen LogP contribution in [0.4, 0.5) is 0 Å². The first kappa shape index (κ1) is 14.3. The van der Waals surface area contributed by atoms with Crippen molar-refractivity contribution in [3.63, 3.8) is 0 Å². The van der Waals surface area contributed by atoms with E-state index in [2.05, 4.69) is 46.4 Å². The molecule has 0 saturated carbocycles. The Morgan fingerprint density at radius 3 is 1.12 bits per heavy atom. The zero-order chi connectivity index (χ0) is 16.2. The van der Waals surface area contributed by atoms with Gasteiger partial charge in [0.05, 0.1) is 11.4 Å². The molecular formula is C22H16N2. The summed E-state index contributed by atoms with van der Waals surface area (Å²) in [6.45, 7) is 0. The summed E-state index contributed by atoms with van der Waals surface area (Å²) in [5.74, 6) is 0. The van der Waals surface area contributed by atoms with Crippen molar-refractivity contribution in [3.8, 4) is 33.6 Å². The third-order valence-corrected chi connectivity index (χ3v) is 4.00. The standard InChI is InChI=1S/C22H16N2/c1-3-7-17(8-4-1)19-11-13-21(23-15-19)22-14-12-20(16-24-22)18-9-5-2-6-10-18/h1-16H. The summed E-state index contributed by atoms with van der Waals surface area (Å²) in [5.41, 5.74) is 6.33. The number of aromatic nitrogens is 2. The van der Waals surface area contributed by atoms with Gasteiger partial charge in [0, 0.05) is 23.5 Å². The summed E-state index contributed by atoms with van der Waals surface area (Å²) in [6.07, 6.45) is 3.80. The van der Waals surface area contributed by atoms with E-state index in [-0.39, 0.29) is 0 Å². The van der Waals surface area contributed by atoms with Crippen LogP contribution in [0.3, 0.4) is 0 Å². The molecule has 24 heavy (non-hydrogen) atoms. The molecule has 0 atom stereocenters. The van der Waals surface area contributed by atoms with Gasteiger partial charge in [0.25, 0.3) is 0 Å². The zero-order valence-corrected chi connectivity index (χ0v) is 13.1. The molecule has 0 aliphatic carbocycles. The highest BCUT2D eigenvalue weighted by Crippen LogP contribution is 2.23. The fourth-order valence-electron chi connectivity index (χ4n) is 2.69. The topological polar surface area (TPSA) is 25.8 Å². The molecule has 2 heterocycles. The van der Waals surface area contributed by atoms with Gasteiger partial charge in [-0.3, -0.25) is 9.97 Å². The lowest BCUT2D eigenvalue weighted by Crippen LogP contribution is -1.89. The summed E-state index contributed by atoms with van der Waals surface area (Å²) in [5, 5.41) is 0. The average molecular weight is 308 g/mol. The molecule has 0 bridgehead atoms. The van der Waals surface area contributed by atoms with Crippen molar-refractivity contribution in [2.45, 2.75) is 0 Å². The zero-order valence-electron chi connectivity index (χ0n) is 13.1. The first-order chi connectivity index (χ1) is 11.9. The van der Waals surface area contributed by atoms with Gasteiger partial charge in [0.15, 0.2) is 0 Å². The summed E-state index contributed by atoms with van der Waals surface area (Å²) in [4.78, 5) is 9.13. The second kappa shape index (κ2) is 6.47. The van der Waals surface area contributed by atoms with E-state index >= 15 is 0 Å². The molecule has 114 valence electrons. The Hall–Kier alpha value is -3.26. The predicted molar refractivity (Wildman–Crippen MR) is 98.3 cm³/mol. The van der Waals surface area contributed by atoms with E-state index < -0.39 is 0 Å². The number of hydrogen-bond donors (Lipinski definition) is 0. The van der Waals surface area contributed by atoms with Crippen LogP contribution in [0.15, 0.2) is 97.3 Å². The number of pyridine rings is 2. The van der Waals surface area contributed by atoms with Crippen LogP contribution < -0.4 is 0 Å². The Kier molecular flexibility index (Phi) is 3.86. The van der Waals surface area contributed by atoms with Crippen LogP contribution in [0.5, 0.6) is 0 Å². The molecule has 0 radical (unpaired) electrons. The van der Waals surface area contributed by atoms with Crippen molar-refractivity contribution in [2.75, 3.05) is 0 Å². The molecule has 0 unspecified atom stereocenters. The molecule has 0 N–H and O–H groups in total. The molecule has 0 spiro atoms. The van der Waals surface area contributed by atoms with Crippen molar-refractivity contribution in [3.05, 3.63) is 97.3 Å². The Labute approximate surface area is 141 Å². The molecule has 0 amide bonds. The molecule has 4 aromatic rings. The van der Waals surface area contributed by atoms with Crippen LogP contribution in [0.2, 0.25) is 0 Å². The average Bonchev–Trinajstić information content (AvgIpc) is 2.70. The van der Waals surface area contributed by atoms with Gasteiger partial charge in [0.2, 0.25) is 0 Å². The van der Waals surface area contributed by atoms with Gasteiger partial charge >= 0.3 is 0 Å². The molecule has 2 aromatic heterocycles. The third kappa shape index (κ3) is 2.95. The predicted octanol–water partition coefficient (Wildman–Crippen LogP) is 5.48. The summed E-state index contributed by atoms with van der Waals surface area (Å²) in [6, 6.07) is 28.7. The van der Waals surface area contributed by atoms with Crippen molar-refractivity contribution < 1.29 is 0 Å². The first-order valence-electron chi connectivity index (χ1n) is 7.93. The Balaban J connectivity index is 1.60. The van der Waals surface area contributed by atoms with E-state index in [0.29, 0.717) is 0 Å². The first-order valence-corrected chi connectivity index (χ1v) is 7.93. The molecule has 4 rings (SSSR count). The van der Waals surface area contributed by atoms with Crippen LogP contribution in [0.25, 0.3) is 33.6 Å². The van der Waals surface area contributed by atoms with Gasteiger partial charge in [-0.25, -0.2) is 0 Å². The number of benzene rings is 2. The van der Waals surface area contributed by atoms with E-state index in [1.807, 2.05) is 60.9 Å². The van der Waals surface area contributed by atoms with E-state index in [1.165, 1.54) is 11.1 Å². The second-order valence-corrected chi connectivity index (χ2v) is 5.60. The lowest BCUT2D eigenvalue weighted by atomic mass is 10.1. The molecular weight excluding hydrogens is 292 g/mol. The highest BCUT2D eigenvalue weighted by atomic mass is 14.8. The minimum atomic E-state index is 0.884. The van der Waals surface area contributed by atoms with Crippen LogP contribution >= 0.6 is 0 Å². The van der Waals surface area contributed by atoms with Crippen molar-refractivity contribution in [1.82, 2.24) is 9.97 Å². The van der Waals surface area contributed by atoms with Gasteiger partial charge in [-0.15, -0.1) is 0 Å². The van der Waals surface area contributed by atoms with Gasteiger partial charge in [-0.2, -0.15) is 0 Å². The van der Waals surface area contributed by atoms with Crippen LogP contribution in [-0.2, 0) is 0 Å². The van der Waals surface area contributed by atoms with Crippen LogP contribution in [0.1, 0.15) is 0 Å². The van der Waals surface area contributed by atoms with E-state index in [9.17, 15) is 0 Å². The number of rotatable bonds is 3. The summed E-state index contributed by atoms with van der Waals surface area (Å²) >= 11 is 0. The molecule has 0 aliphatic heterocycles. The molecule has 2 aromatic carbocycles. The van der Waals surface area contributed by atoms with Gasteiger partial charge in [-0.05, 0) is 23.3 Å². The maximum Gasteiger partial charge on any atom is 0.0886 e. The fourth-order valence-corrected chi connectivity index (χ4v) is 2.69. The fraction of sp³-hybridized carbons (Fsp3) is 0. The normalized spacial score (nSPS) is 10.5. The highest BCUT2D eigenvalue weighted by molar-refractivity contribution is 5.67. The third-order valence-electron chi connectivity index (χ3n) is 4.00. The Morgan fingerprint density at radius 1 is 0.375 bits per heavy atom. The molecule has 0 saturated heterocycles. The number of nitrogens with zero attached hydrogens (tertiary/aromatic N) is 2. The largest absolute Gasteiger partial charge is 0.254 e. The van der Waals surface area contributed by atoms with Crippen molar-refractivity contribution >= 4 is 0 Å². The number of hydrogen-bond acceptors (Lipinski definition) is 2.